The van der Waals surface area contributed by atoms with Crippen molar-refractivity contribution in [2.45, 2.75) is 33.7 Å². The summed E-state index contributed by atoms with van der Waals surface area (Å²) in [5.74, 6) is -1.51. The van der Waals surface area contributed by atoms with E-state index in [4.69, 9.17) is 0 Å². The Bertz CT molecular complexity index is 1930. The molecule has 48 heavy (non-hydrogen) atoms. The highest BCUT2D eigenvalue weighted by atomic mass is 32.2. The summed E-state index contributed by atoms with van der Waals surface area (Å²) in [6, 6.07) is 29.1. The molecule has 0 saturated carbocycles. The summed E-state index contributed by atoms with van der Waals surface area (Å²) in [5.41, 5.74) is 7.06. The molecular formula is C40H38N4O3S. The quantitative estimate of drug-likeness (QED) is 0.108. The zero-order valence-corrected chi connectivity index (χ0v) is 28.3. The van der Waals surface area contributed by atoms with E-state index in [2.05, 4.69) is 21.5 Å². The molecule has 0 fully saturated rings. The lowest BCUT2D eigenvalue weighted by Crippen LogP contribution is -2.42. The van der Waals surface area contributed by atoms with E-state index in [1.165, 1.54) is 4.90 Å². The van der Waals surface area contributed by atoms with Crippen molar-refractivity contribution < 1.29 is 14.4 Å². The first-order valence-corrected chi connectivity index (χ1v) is 16.6. The molecule has 0 saturated heterocycles. The summed E-state index contributed by atoms with van der Waals surface area (Å²) in [6.45, 7) is 11.6. The second-order valence-electron chi connectivity index (χ2n) is 11.3. The molecule has 1 N–H and O–H groups in total. The van der Waals surface area contributed by atoms with Gasteiger partial charge in [-0.1, -0.05) is 115 Å². The minimum atomic E-state index is -0.658. The van der Waals surface area contributed by atoms with Gasteiger partial charge in [-0.05, 0) is 74.2 Å². The number of rotatable bonds is 10. The number of amides is 3. The van der Waals surface area contributed by atoms with Crippen molar-refractivity contribution in [3.8, 4) is 5.69 Å². The van der Waals surface area contributed by atoms with E-state index < -0.39 is 11.8 Å². The zero-order valence-electron chi connectivity index (χ0n) is 27.5. The fraction of sp³-hybridized carbons (Fsp3) is 0.150. The Kier molecular flexibility index (Phi) is 10.9. The number of nitrogens with zero attached hydrogens (tertiary/aromatic N) is 3. The predicted molar refractivity (Wildman–Crippen MR) is 196 cm³/mol. The SMILES string of the molecule is C=C/C=C\C(=C/C)N1C(=O)/C(=C/c2cc(C)n(-c3ccccc3C)c2C)C(=O)N=C1SCC(=O)NC(c1ccccc1)c1ccccc1. The van der Waals surface area contributed by atoms with E-state index in [9.17, 15) is 14.4 Å². The van der Waals surface area contributed by atoms with Gasteiger partial charge in [0, 0.05) is 22.8 Å². The van der Waals surface area contributed by atoms with E-state index in [1.807, 2.05) is 112 Å². The Morgan fingerprint density at radius 1 is 0.938 bits per heavy atom. The van der Waals surface area contributed by atoms with Gasteiger partial charge in [-0.15, -0.1) is 0 Å². The van der Waals surface area contributed by atoms with Gasteiger partial charge >= 0.3 is 0 Å². The summed E-state index contributed by atoms with van der Waals surface area (Å²) < 4.78 is 2.11. The fourth-order valence-corrected chi connectivity index (χ4v) is 6.48. The summed E-state index contributed by atoms with van der Waals surface area (Å²) in [5, 5.41) is 3.24. The molecule has 4 aromatic rings. The van der Waals surface area contributed by atoms with Gasteiger partial charge in [-0.25, -0.2) is 0 Å². The van der Waals surface area contributed by atoms with Gasteiger partial charge < -0.3 is 9.88 Å². The molecule has 2 heterocycles. The van der Waals surface area contributed by atoms with Crippen molar-refractivity contribution in [3.05, 3.63) is 167 Å². The minimum Gasteiger partial charge on any atom is -0.344 e. The molecule has 0 bridgehead atoms. The van der Waals surface area contributed by atoms with Crippen molar-refractivity contribution in [1.29, 1.82) is 0 Å². The number of hydrogen-bond donors (Lipinski definition) is 1. The lowest BCUT2D eigenvalue weighted by molar-refractivity contribution is -0.126. The first kappa shape index (κ1) is 33.9. The predicted octanol–water partition coefficient (Wildman–Crippen LogP) is 7.80. The van der Waals surface area contributed by atoms with Crippen LogP contribution in [0, 0.1) is 20.8 Å². The van der Waals surface area contributed by atoms with Crippen LogP contribution in [0.1, 0.15) is 46.6 Å². The molecule has 3 aromatic carbocycles. The van der Waals surface area contributed by atoms with Crippen LogP contribution in [-0.4, -0.2) is 38.1 Å². The molecule has 7 nitrogen and oxygen atoms in total. The van der Waals surface area contributed by atoms with Gasteiger partial charge in [0.25, 0.3) is 11.8 Å². The molecule has 0 aliphatic carbocycles. The van der Waals surface area contributed by atoms with Crippen molar-refractivity contribution in [1.82, 2.24) is 14.8 Å². The van der Waals surface area contributed by atoms with Crippen LogP contribution in [0.3, 0.4) is 0 Å². The Balaban J connectivity index is 1.45. The standard InChI is InChI=1S/C40H38N4O3S/c1-6-8-22-33(7-2)44-39(47)34(25-32-24-28(4)43(29(32)5)35-23-16-15-17-27(35)3)38(46)42-40(44)48-26-36(45)41-37(30-18-11-9-12-19-30)31-20-13-10-14-21-31/h6-25,37H,1,26H2,2-5H3,(H,41,45)/b22-8-,33-7+,34-25+. The number of aromatic nitrogens is 1. The van der Waals surface area contributed by atoms with Crippen molar-refractivity contribution in [2.75, 3.05) is 5.75 Å². The van der Waals surface area contributed by atoms with E-state index in [-0.39, 0.29) is 28.4 Å². The normalized spacial score (nSPS) is 14.6. The molecule has 0 spiro atoms. The average molecular weight is 655 g/mol. The molecule has 1 aliphatic rings. The summed E-state index contributed by atoms with van der Waals surface area (Å²) in [4.78, 5) is 46.9. The molecule has 1 aromatic heterocycles. The van der Waals surface area contributed by atoms with Crippen LogP contribution < -0.4 is 5.32 Å². The average Bonchev–Trinajstić information content (AvgIpc) is 3.38. The number of amidine groups is 1. The van der Waals surface area contributed by atoms with Crippen molar-refractivity contribution in [3.63, 3.8) is 0 Å². The molecule has 0 atom stereocenters. The summed E-state index contributed by atoms with van der Waals surface area (Å²) >= 11 is 1.04. The number of hydrogen-bond acceptors (Lipinski definition) is 4. The van der Waals surface area contributed by atoms with Crippen LogP contribution >= 0.6 is 11.8 Å². The van der Waals surface area contributed by atoms with Gasteiger partial charge in [0.1, 0.15) is 5.57 Å². The second-order valence-corrected chi connectivity index (χ2v) is 12.2. The molecule has 0 radical (unpaired) electrons. The van der Waals surface area contributed by atoms with E-state index >= 15 is 0 Å². The number of allylic oxidation sites excluding steroid dienone is 4. The van der Waals surface area contributed by atoms with Crippen LogP contribution in [0.5, 0.6) is 0 Å². The van der Waals surface area contributed by atoms with Crippen molar-refractivity contribution in [2.24, 2.45) is 4.99 Å². The highest BCUT2D eigenvalue weighted by Gasteiger charge is 2.35. The number of carbonyl (C=O) groups is 3. The Labute approximate surface area is 286 Å². The monoisotopic (exact) mass is 654 g/mol. The number of aryl methyl sites for hydroxylation is 2. The first-order valence-electron chi connectivity index (χ1n) is 15.6. The molecule has 8 heteroatoms. The number of thioether (sulfide) groups is 1. The van der Waals surface area contributed by atoms with Crippen LogP contribution in [0.25, 0.3) is 11.8 Å². The summed E-state index contributed by atoms with van der Waals surface area (Å²) in [6.07, 6.45) is 8.40. The maximum Gasteiger partial charge on any atom is 0.285 e. The van der Waals surface area contributed by atoms with Gasteiger partial charge in [0.2, 0.25) is 5.91 Å². The number of para-hydroxylation sites is 1. The van der Waals surface area contributed by atoms with Crippen LogP contribution in [0.15, 0.2) is 138 Å². The van der Waals surface area contributed by atoms with Crippen LogP contribution in [0.2, 0.25) is 0 Å². The lowest BCUT2D eigenvalue weighted by atomic mass is 9.99. The molecule has 0 unspecified atom stereocenters. The third-order valence-corrected chi connectivity index (χ3v) is 8.98. The second kappa shape index (κ2) is 15.4. The zero-order chi connectivity index (χ0) is 34.2. The third kappa shape index (κ3) is 7.40. The van der Waals surface area contributed by atoms with Crippen LogP contribution in [0.4, 0.5) is 0 Å². The fourth-order valence-electron chi connectivity index (χ4n) is 5.67. The first-order chi connectivity index (χ1) is 23.2. The number of nitrogens with one attached hydrogen (secondary N) is 1. The minimum absolute atomic E-state index is 0.0617. The van der Waals surface area contributed by atoms with Crippen molar-refractivity contribution >= 4 is 40.7 Å². The maximum atomic E-state index is 14.2. The smallest absolute Gasteiger partial charge is 0.285 e. The van der Waals surface area contributed by atoms with E-state index in [1.54, 1.807) is 37.3 Å². The Morgan fingerprint density at radius 2 is 1.56 bits per heavy atom. The van der Waals surface area contributed by atoms with Gasteiger partial charge in [-0.3, -0.25) is 19.3 Å². The van der Waals surface area contributed by atoms with Crippen LogP contribution in [-0.2, 0) is 14.4 Å². The van der Waals surface area contributed by atoms with E-state index in [0.717, 1.165) is 51.1 Å². The molecule has 242 valence electrons. The topological polar surface area (TPSA) is 83.8 Å². The molecule has 5 rings (SSSR count). The highest BCUT2D eigenvalue weighted by Crippen LogP contribution is 2.30. The largest absolute Gasteiger partial charge is 0.344 e. The number of aliphatic imine (C=N–C) groups is 1. The summed E-state index contributed by atoms with van der Waals surface area (Å²) in [7, 11) is 0. The van der Waals surface area contributed by atoms with Gasteiger partial charge in [-0.2, -0.15) is 4.99 Å². The van der Waals surface area contributed by atoms with E-state index in [0.29, 0.717) is 5.70 Å². The highest BCUT2D eigenvalue weighted by molar-refractivity contribution is 8.14. The third-order valence-electron chi connectivity index (χ3n) is 8.04. The molecule has 1 aliphatic heterocycles. The van der Waals surface area contributed by atoms with Gasteiger partial charge in [0.15, 0.2) is 5.17 Å². The van der Waals surface area contributed by atoms with Gasteiger partial charge in [0.05, 0.1) is 11.8 Å². The lowest BCUT2D eigenvalue weighted by Gasteiger charge is -2.28. The maximum absolute atomic E-state index is 14.2. The Morgan fingerprint density at radius 3 is 2.17 bits per heavy atom. The number of carbonyl (C=O) groups excluding carboxylic acids is 3. The Hall–Kier alpha value is -5.47. The molecular weight excluding hydrogens is 617 g/mol. The molecule has 3 amide bonds. The number of benzene rings is 3.